The predicted octanol–water partition coefficient (Wildman–Crippen LogP) is 5.03. The third-order valence-electron chi connectivity index (χ3n) is 4.23. The highest BCUT2D eigenvalue weighted by Gasteiger charge is 2.19. The van der Waals surface area contributed by atoms with Gasteiger partial charge in [0, 0.05) is 22.2 Å². The summed E-state index contributed by atoms with van der Waals surface area (Å²) in [6, 6.07) is 18.1. The Balaban J connectivity index is 1.82. The van der Waals surface area contributed by atoms with Gasteiger partial charge in [-0.2, -0.15) is 0 Å². The van der Waals surface area contributed by atoms with Gasteiger partial charge in [0.05, 0.1) is 10.6 Å². The second kappa shape index (κ2) is 8.86. The first-order valence-corrected chi connectivity index (χ1v) is 10.9. The maximum atomic E-state index is 12.8. The summed E-state index contributed by atoms with van der Waals surface area (Å²) in [5.74, 6) is -0.459. The van der Waals surface area contributed by atoms with E-state index in [-0.39, 0.29) is 22.0 Å². The number of halogens is 2. The number of amides is 1. The molecule has 0 spiro atoms. The average molecular weight is 449 g/mol. The van der Waals surface area contributed by atoms with Gasteiger partial charge in [-0.1, -0.05) is 59.6 Å². The molecule has 0 fully saturated rings. The largest absolute Gasteiger partial charge is 0.348 e. The van der Waals surface area contributed by atoms with E-state index in [0.29, 0.717) is 10.7 Å². The predicted molar refractivity (Wildman–Crippen MR) is 116 cm³/mol. The summed E-state index contributed by atoms with van der Waals surface area (Å²) in [7, 11) is -3.92. The number of hydrogen-bond acceptors (Lipinski definition) is 3. The third-order valence-corrected chi connectivity index (χ3v) is 6.16. The number of anilines is 1. The van der Waals surface area contributed by atoms with Crippen molar-refractivity contribution in [2.75, 3.05) is 4.72 Å². The zero-order valence-electron chi connectivity index (χ0n) is 15.4. The van der Waals surface area contributed by atoms with Gasteiger partial charge >= 0.3 is 0 Å². The van der Waals surface area contributed by atoms with E-state index >= 15 is 0 Å². The van der Waals surface area contributed by atoms with Crippen LogP contribution in [0.1, 0.15) is 21.5 Å². The molecular formula is C21H18Cl2N2O3S. The minimum atomic E-state index is -3.92. The van der Waals surface area contributed by atoms with Crippen LogP contribution >= 0.6 is 23.2 Å². The Bertz CT molecular complexity index is 1160. The fraction of sp³-hybridized carbons (Fsp3) is 0.0952. The van der Waals surface area contributed by atoms with Gasteiger partial charge in [-0.05, 0) is 48.4 Å². The number of aryl methyl sites for hydroxylation is 1. The molecule has 29 heavy (non-hydrogen) atoms. The lowest BCUT2D eigenvalue weighted by Gasteiger charge is -2.12. The Morgan fingerprint density at radius 2 is 1.66 bits per heavy atom. The molecule has 0 bridgehead atoms. The second-order valence-electron chi connectivity index (χ2n) is 6.37. The lowest BCUT2D eigenvalue weighted by Crippen LogP contribution is -2.23. The van der Waals surface area contributed by atoms with Crippen molar-refractivity contribution < 1.29 is 13.2 Å². The standard InChI is InChI=1S/C21H18Cl2N2O3S/c1-14-6-2-5-9-20(14)25-29(27,28)18-11-16(10-17(22)12-18)21(26)24-13-15-7-3-4-8-19(15)23/h2-12,25H,13H2,1H3,(H,24,26). The number of nitrogens with one attached hydrogen (secondary N) is 2. The van der Waals surface area contributed by atoms with Crippen molar-refractivity contribution in [1.29, 1.82) is 0 Å². The molecule has 0 aliphatic carbocycles. The van der Waals surface area contributed by atoms with Crippen molar-refractivity contribution in [3.05, 3.63) is 93.5 Å². The topological polar surface area (TPSA) is 75.3 Å². The van der Waals surface area contributed by atoms with E-state index in [4.69, 9.17) is 23.2 Å². The van der Waals surface area contributed by atoms with Crippen molar-refractivity contribution in [1.82, 2.24) is 5.32 Å². The Morgan fingerprint density at radius 3 is 2.38 bits per heavy atom. The van der Waals surface area contributed by atoms with Gasteiger partial charge in [0.15, 0.2) is 0 Å². The zero-order chi connectivity index (χ0) is 21.0. The van der Waals surface area contributed by atoms with Crippen LogP contribution in [-0.2, 0) is 16.6 Å². The minimum Gasteiger partial charge on any atom is -0.348 e. The molecule has 0 heterocycles. The molecule has 0 aromatic heterocycles. The van der Waals surface area contributed by atoms with Gasteiger partial charge in [-0.3, -0.25) is 9.52 Å². The van der Waals surface area contributed by atoms with Crippen LogP contribution in [0.15, 0.2) is 71.6 Å². The molecule has 0 radical (unpaired) electrons. The molecule has 3 aromatic rings. The smallest absolute Gasteiger partial charge is 0.261 e. The van der Waals surface area contributed by atoms with Crippen molar-refractivity contribution in [3.8, 4) is 0 Å². The Hall–Kier alpha value is -2.54. The minimum absolute atomic E-state index is 0.101. The third kappa shape index (κ3) is 5.29. The number of carbonyl (C=O) groups is 1. The monoisotopic (exact) mass is 448 g/mol. The van der Waals surface area contributed by atoms with Crippen LogP contribution in [0.5, 0.6) is 0 Å². The molecule has 1 amide bonds. The van der Waals surface area contributed by atoms with Crippen LogP contribution in [-0.4, -0.2) is 14.3 Å². The molecule has 0 saturated carbocycles. The van der Waals surface area contributed by atoms with Crippen molar-refractivity contribution in [3.63, 3.8) is 0 Å². The maximum absolute atomic E-state index is 12.8. The summed E-state index contributed by atoms with van der Waals surface area (Å²) in [6.45, 7) is 2.00. The molecule has 5 nitrogen and oxygen atoms in total. The molecule has 0 atom stereocenters. The van der Waals surface area contributed by atoms with E-state index in [0.717, 1.165) is 11.1 Å². The second-order valence-corrected chi connectivity index (χ2v) is 8.90. The summed E-state index contributed by atoms with van der Waals surface area (Å²) in [5.41, 5.74) is 2.11. The van der Waals surface area contributed by atoms with Crippen LogP contribution in [0.2, 0.25) is 10.0 Å². The molecule has 0 saturated heterocycles. The molecule has 3 aromatic carbocycles. The number of para-hydroxylation sites is 1. The molecular weight excluding hydrogens is 431 g/mol. The Morgan fingerprint density at radius 1 is 0.966 bits per heavy atom. The summed E-state index contributed by atoms with van der Waals surface area (Å²) in [4.78, 5) is 12.4. The van der Waals surface area contributed by atoms with E-state index in [1.807, 2.05) is 12.1 Å². The Labute approximate surface area is 179 Å². The lowest BCUT2D eigenvalue weighted by atomic mass is 10.2. The summed E-state index contributed by atoms with van der Waals surface area (Å²) in [5, 5.41) is 3.39. The van der Waals surface area contributed by atoms with Crippen LogP contribution in [0, 0.1) is 6.92 Å². The number of hydrogen-bond donors (Lipinski definition) is 2. The van der Waals surface area contributed by atoms with Crippen LogP contribution < -0.4 is 10.0 Å². The normalized spacial score (nSPS) is 11.1. The van der Waals surface area contributed by atoms with Gasteiger partial charge in [-0.15, -0.1) is 0 Å². The molecule has 0 aliphatic rings. The molecule has 3 rings (SSSR count). The fourth-order valence-electron chi connectivity index (χ4n) is 2.66. The van der Waals surface area contributed by atoms with Crippen molar-refractivity contribution in [2.45, 2.75) is 18.4 Å². The van der Waals surface area contributed by atoms with Gasteiger partial charge < -0.3 is 5.32 Å². The molecule has 150 valence electrons. The summed E-state index contributed by atoms with van der Waals surface area (Å²) >= 11 is 12.2. The van der Waals surface area contributed by atoms with Gasteiger partial charge in [0.1, 0.15) is 0 Å². The first-order valence-electron chi connectivity index (χ1n) is 8.67. The van der Waals surface area contributed by atoms with E-state index in [9.17, 15) is 13.2 Å². The summed E-state index contributed by atoms with van der Waals surface area (Å²) in [6.07, 6.45) is 0. The lowest BCUT2D eigenvalue weighted by molar-refractivity contribution is 0.0950. The van der Waals surface area contributed by atoms with E-state index < -0.39 is 15.9 Å². The first kappa shape index (κ1) is 21.2. The van der Waals surface area contributed by atoms with Gasteiger partial charge in [0.2, 0.25) is 0 Å². The number of carbonyl (C=O) groups excluding carboxylic acids is 1. The van der Waals surface area contributed by atoms with Crippen LogP contribution in [0.4, 0.5) is 5.69 Å². The van der Waals surface area contributed by atoms with Crippen molar-refractivity contribution >= 4 is 44.8 Å². The highest BCUT2D eigenvalue weighted by molar-refractivity contribution is 7.92. The molecule has 2 N–H and O–H groups in total. The highest BCUT2D eigenvalue weighted by Crippen LogP contribution is 2.23. The molecule has 8 heteroatoms. The first-order chi connectivity index (χ1) is 13.8. The number of rotatable bonds is 6. The average Bonchev–Trinajstić information content (AvgIpc) is 2.68. The van der Waals surface area contributed by atoms with E-state index in [1.54, 1.807) is 43.3 Å². The van der Waals surface area contributed by atoms with E-state index in [2.05, 4.69) is 10.0 Å². The van der Waals surface area contributed by atoms with Gasteiger partial charge in [0.25, 0.3) is 15.9 Å². The highest BCUT2D eigenvalue weighted by atomic mass is 35.5. The summed E-state index contributed by atoms with van der Waals surface area (Å²) < 4.78 is 28.1. The number of sulfonamides is 1. The Kier molecular flexibility index (Phi) is 6.47. The fourth-order valence-corrected chi connectivity index (χ4v) is 4.36. The SMILES string of the molecule is Cc1ccccc1NS(=O)(=O)c1cc(Cl)cc(C(=O)NCc2ccccc2Cl)c1. The van der Waals surface area contributed by atoms with E-state index in [1.165, 1.54) is 18.2 Å². The van der Waals surface area contributed by atoms with Crippen LogP contribution in [0.25, 0.3) is 0 Å². The quantitative estimate of drug-likeness (QED) is 0.554. The zero-order valence-corrected chi connectivity index (χ0v) is 17.8. The van der Waals surface area contributed by atoms with Crippen molar-refractivity contribution in [2.24, 2.45) is 0 Å². The number of benzene rings is 3. The van der Waals surface area contributed by atoms with Gasteiger partial charge in [-0.25, -0.2) is 8.42 Å². The maximum Gasteiger partial charge on any atom is 0.261 e. The molecule has 0 aliphatic heterocycles. The molecule has 0 unspecified atom stereocenters. The van der Waals surface area contributed by atoms with Crippen LogP contribution in [0.3, 0.4) is 0 Å².